The van der Waals surface area contributed by atoms with Crippen LogP contribution in [-0.2, 0) is 0 Å². The molecule has 0 atom stereocenters. The maximum absolute atomic E-state index is 11.6. The molecular formula is C17H19N5O. The molecule has 0 saturated heterocycles. The zero-order valence-corrected chi connectivity index (χ0v) is 13.4. The summed E-state index contributed by atoms with van der Waals surface area (Å²) in [5, 5.41) is 5.39. The predicted molar refractivity (Wildman–Crippen MR) is 91.5 cm³/mol. The number of fused-ring (bicyclic) bond motifs is 1. The van der Waals surface area contributed by atoms with Gasteiger partial charge in [-0.1, -0.05) is 6.07 Å². The largest absolute Gasteiger partial charge is 0.338 e. The number of urea groups is 1. The molecule has 0 unspecified atom stereocenters. The lowest BCUT2D eigenvalue weighted by Crippen LogP contribution is -2.28. The van der Waals surface area contributed by atoms with Crippen molar-refractivity contribution in [3.05, 3.63) is 41.7 Å². The van der Waals surface area contributed by atoms with Gasteiger partial charge in [-0.2, -0.15) is 0 Å². The summed E-state index contributed by atoms with van der Waals surface area (Å²) in [5.41, 5.74) is 6.17. The van der Waals surface area contributed by atoms with E-state index in [0.717, 1.165) is 27.7 Å². The lowest BCUT2D eigenvalue weighted by atomic mass is 9.97. The third-order valence-electron chi connectivity index (χ3n) is 3.90. The number of anilines is 1. The molecule has 23 heavy (non-hydrogen) atoms. The highest BCUT2D eigenvalue weighted by atomic mass is 16.2. The van der Waals surface area contributed by atoms with Gasteiger partial charge in [-0.3, -0.25) is 10.3 Å². The van der Waals surface area contributed by atoms with E-state index < -0.39 is 0 Å². The fraction of sp³-hybridized carbons (Fsp3) is 0.235. The number of nitrogens with one attached hydrogen (secondary N) is 3. The van der Waals surface area contributed by atoms with E-state index in [2.05, 4.69) is 32.5 Å². The van der Waals surface area contributed by atoms with Crippen LogP contribution in [0.3, 0.4) is 0 Å². The van der Waals surface area contributed by atoms with E-state index in [4.69, 9.17) is 0 Å². The number of hydrogen-bond acceptors (Lipinski definition) is 3. The summed E-state index contributed by atoms with van der Waals surface area (Å²) in [6.07, 6.45) is 3.60. The molecule has 3 rings (SSSR count). The highest BCUT2D eigenvalue weighted by molar-refractivity contribution is 5.92. The van der Waals surface area contributed by atoms with Gasteiger partial charge in [0, 0.05) is 24.5 Å². The first-order valence-electron chi connectivity index (χ1n) is 7.55. The van der Waals surface area contributed by atoms with Crippen LogP contribution in [-0.4, -0.2) is 27.5 Å². The average Bonchev–Trinajstić information content (AvgIpc) is 2.94. The summed E-state index contributed by atoms with van der Waals surface area (Å²) < 4.78 is 0. The van der Waals surface area contributed by atoms with Gasteiger partial charge in [-0.25, -0.2) is 9.78 Å². The summed E-state index contributed by atoms with van der Waals surface area (Å²) in [7, 11) is 0. The Hall–Kier alpha value is -2.89. The van der Waals surface area contributed by atoms with E-state index in [0.29, 0.717) is 12.5 Å². The molecule has 6 nitrogen and oxygen atoms in total. The molecule has 0 radical (unpaired) electrons. The lowest BCUT2D eigenvalue weighted by molar-refractivity contribution is 0.252. The number of nitrogens with zero attached hydrogens (tertiary/aromatic N) is 2. The van der Waals surface area contributed by atoms with Gasteiger partial charge in [0.2, 0.25) is 5.95 Å². The standard InChI is InChI=1S/C17H19N5O/c1-4-19-17(23)22-16-20-14-8-13(12-6-5-7-18-9-12)10(2)11(3)15(14)21-16/h5-9H,4H2,1-3H3,(H3,19,20,21,22,23). The molecule has 1 aromatic carbocycles. The van der Waals surface area contributed by atoms with E-state index in [1.54, 1.807) is 6.20 Å². The van der Waals surface area contributed by atoms with Crippen LogP contribution in [0.5, 0.6) is 0 Å². The van der Waals surface area contributed by atoms with E-state index >= 15 is 0 Å². The van der Waals surface area contributed by atoms with Gasteiger partial charge in [0.25, 0.3) is 0 Å². The molecule has 3 aromatic rings. The third-order valence-corrected chi connectivity index (χ3v) is 3.90. The van der Waals surface area contributed by atoms with E-state index in [1.165, 1.54) is 5.56 Å². The van der Waals surface area contributed by atoms with Gasteiger partial charge in [-0.15, -0.1) is 0 Å². The molecule has 2 heterocycles. The number of aryl methyl sites for hydroxylation is 1. The maximum atomic E-state index is 11.6. The minimum absolute atomic E-state index is 0.270. The summed E-state index contributed by atoms with van der Waals surface area (Å²) in [6.45, 7) is 6.56. The number of aromatic amines is 1. The molecular weight excluding hydrogens is 290 g/mol. The van der Waals surface area contributed by atoms with Crippen molar-refractivity contribution in [1.29, 1.82) is 0 Å². The van der Waals surface area contributed by atoms with Gasteiger partial charge < -0.3 is 10.3 Å². The zero-order chi connectivity index (χ0) is 16.4. The topological polar surface area (TPSA) is 82.7 Å². The SMILES string of the molecule is CCNC(=O)Nc1nc2cc(-c3cccnc3)c(C)c(C)c2[nH]1. The Morgan fingerprint density at radius 2 is 2.13 bits per heavy atom. The zero-order valence-electron chi connectivity index (χ0n) is 13.4. The van der Waals surface area contributed by atoms with Crippen LogP contribution in [0.25, 0.3) is 22.2 Å². The number of imidazole rings is 1. The van der Waals surface area contributed by atoms with Gasteiger partial charge in [0.05, 0.1) is 11.0 Å². The number of amides is 2. The molecule has 0 fully saturated rings. The van der Waals surface area contributed by atoms with Gasteiger partial charge in [-0.05, 0) is 49.6 Å². The molecule has 2 amide bonds. The monoisotopic (exact) mass is 309 g/mol. The van der Waals surface area contributed by atoms with Gasteiger partial charge in [0.1, 0.15) is 0 Å². The summed E-state index contributed by atoms with van der Waals surface area (Å²) >= 11 is 0. The number of aromatic nitrogens is 3. The Labute approximate surface area is 134 Å². The van der Waals surface area contributed by atoms with Crippen molar-refractivity contribution in [2.24, 2.45) is 0 Å². The minimum Gasteiger partial charge on any atom is -0.338 e. The lowest BCUT2D eigenvalue weighted by Gasteiger charge is -2.09. The second-order valence-corrected chi connectivity index (χ2v) is 5.38. The van der Waals surface area contributed by atoms with Crippen LogP contribution in [0, 0.1) is 13.8 Å². The summed E-state index contributed by atoms with van der Waals surface area (Å²) in [6, 6.07) is 5.70. The van der Waals surface area contributed by atoms with Crippen LogP contribution < -0.4 is 10.6 Å². The first kappa shape index (κ1) is 15.0. The van der Waals surface area contributed by atoms with Crippen LogP contribution in [0.2, 0.25) is 0 Å². The highest BCUT2D eigenvalue weighted by Gasteiger charge is 2.13. The molecule has 0 aliphatic heterocycles. The Morgan fingerprint density at radius 3 is 2.83 bits per heavy atom. The Bertz CT molecular complexity index is 854. The van der Waals surface area contributed by atoms with E-state index in [-0.39, 0.29) is 6.03 Å². The molecule has 0 saturated carbocycles. The number of rotatable bonds is 3. The van der Waals surface area contributed by atoms with Crippen molar-refractivity contribution in [1.82, 2.24) is 20.3 Å². The number of H-pyrrole nitrogens is 1. The first-order chi connectivity index (χ1) is 11.1. The van der Waals surface area contributed by atoms with Gasteiger partial charge in [0.15, 0.2) is 0 Å². The quantitative estimate of drug-likeness (QED) is 0.693. The Morgan fingerprint density at radius 1 is 1.30 bits per heavy atom. The molecule has 0 aliphatic carbocycles. The van der Waals surface area contributed by atoms with Crippen molar-refractivity contribution in [2.45, 2.75) is 20.8 Å². The summed E-state index contributed by atoms with van der Waals surface area (Å²) in [5.74, 6) is 0.441. The average molecular weight is 309 g/mol. The minimum atomic E-state index is -0.270. The number of benzene rings is 1. The molecule has 0 aliphatic rings. The van der Waals surface area contributed by atoms with Gasteiger partial charge >= 0.3 is 6.03 Å². The second-order valence-electron chi connectivity index (χ2n) is 5.38. The second kappa shape index (κ2) is 6.08. The molecule has 3 N–H and O–H groups in total. The predicted octanol–water partition coefficient (Wildman–Crippen LogP) is 3.38. The van der Waals surface area contributed by atoms with Crippen molar-refractivity contribution in [3.63, 3.8) is 0 Å². The molecule has 2 aromatic heterocycles. The summed E-state index contributed by atoms with van der Waals surface area (Å²) in [4.78, 5) is 23.5. The van der Waals surface area contributed by atoms with Crippen molar-refractivity contribution in [3.8, 4) is 11.1 Å². The van der Waals surface area contributed by atoms with Crippen molar-refractivity contribution < 1.29 is 4.79 Å². The molecule has 6 heteroatoms. The number of hydrogen-bond donors (Lipinski definition) is 3. The van der Waals surface area contributed by atoms with Crippen LogP contribution in [0.4, 0.5) is 10.7 Å². The highest BCUT2D eigenvalue weighted by Crippen LogP contribution is 2.31. The Kier molecular flexibility index (Phi) is 3.97. The Balaban J connectivity index is 2.06. The third kappa shape index (κ3) is 2.88. The molecule has 0 spiro atoms. The van der Waals surface area contributed by atoms with Crippen LogP contribution in [0.1, 0.15) is 18.1 Å². The fourth-order valence-electron chi connectivity index (χ4n) is 2.60. The van der Waals surface area contributed by atoms with E-state index in [9.17, 15) is 4.79 Å². The fourth-order valence-corrected chi connectivity index (χ4v) is 2.60. The van der Waals surface area contributed by atoms with Crippen LogP contribution in [0.15, 0.2) is 30.6 Å². The first-order valence-corrected chi connectivity index (χ1v) is 7.55. The van der Waals surface area contributed by atoms with Crippen molar-refractivity contribution >= 4 is 23.0 Å². The number of carbonyl (C=O) groups is 1. The van der Waals surface area contributed by atoms with Crippen LogP contribution >= 0.6 is 0 Å². The molecule has 0 bridgehead atoms. The smallest absolute Gasteiger partial charge is 0.321 e. The number of carbonyl (C=O) groups excluding carboxylic acids is 1. The number of pyridine rings is 1. The maximum Gasteiger partial charge on any atom is 0.321 e. The van der Waals surface area contributed by atoms with E-state index in [1.807, 2.05) is 38.2 Å². The normalized spacial score (nSPS) is 10.7. The molecule has 118 valence electrons. The van der Waals surface area contributed by atoms with Crippen molar-refractivity contribution in [2.75, 3.05) is 11.9 Å².